The third-order valence-corrected chi connectivity index (χ3v) is 5.85. The van der Waals surface area contributed by atoms with E-state index in [4.69, 9.17) is 9.72 Å². The normalized spacial score (nSPS) is 14.3. The predicted molar refractivity (Wildman–Crippen MR) is 120 cm³/mol. The Morgan fingerprint density at radius 1 is 1.10 bits per heavy atom. The highest BCUT2D eigenvalue weighted by Gasteiger charge is 2.22. The highest BCUT2D eigenvalue weighted by atomic mass is 32.1. The van der Waals surface area contributed by atoms with Crippen LogP contribution in [0.15, 0.2) is 60.7 Å². The first-order valence-corrected chi connectivity index (χ1v) is 10.7. The number of aromatic nitrogens is 2. The molecule has 1 aromatic heterocycles. The first-order valence-electron chi connectivity index (χ1n) is 9.94. The van der Waals surface area contributed by atoms with Crippen LogP contribution >= 0.6 is 11.5 Å². The molecule has 1 aliphatic rings. The number of piperazine rings is 1. The number of hydrogen-bond donors (Lipinski definition) is 0. The average molecular weight is 421 g/mol. The van der Waals surface area contributed by atoms with Crippen LogP contribution in [0, 0.1) is 0 Å². The summed E-state index contributed by atoms with van der Waals surface area (Å²) in [5.74, 6) is 1.70. The third kappa shape index (κ3) is 5.04. The number of methoxy groups -OCH3 is 1. The molecular weight excluding hydrogens is 396 g/mol. The molecule has 6 nitrogen and oxygen atoms in total. The van der Waals surface area contributed by atoms with Gasteiger partial charge in [0.25, 0.3) is 0 Å². The van der Waals surface area contributed by atoms with Crippen molar-refractivity contribution in [3.8, 4) is 5.75 Å². The first-order chi connectivity index (χ1) is 14.7. The predicted octanol–water partition coefficient (Wildman–Crippen LogP) is 3.50. The number of anilines is 1. The molecule has 3 aromatic rings. The summed E-state index contributed by atoms with van der Waals surface area (Å²) in [7, 11) is 1.67. The van der Waals surface area contributed by atoms with Gasteiger partial charge in [0, 0.05) is 50.2 Å². The molecule has 0 aliphatic carbocycles. The zero-order valence-corrected chi connectivity index (χ0v) is 17.7. The minimum Gasteiger partial charge on any atom is -0.497 e. The second-order valence-electron chi connectivity index (χ2n) is 7.08. The monoisotopic (exact) mass is 420 g/mol. The Morgan fingerprint density at radius 3 is 2.67 bits per heavy atom. The summed E-state index contributed by atoms with van der Waals surface area (Å²) in [5, 5.41) is 0.917. The number of carbonyl (C=O) groups excluding carboxylic acids is 1. The van der Waals surface area contributed by atoms with E-state index in [2.05, 4.69) is 15.3 Å². The lowest BCUT2D eigenvalue weighted by Gasteiger charge is -2.33. The maximum atomic E-state index is 12.5. The topological polar surface area (TPSA) is 58.6 Å². The van der Waals surface area contributed by atoms with Gasteiger partial charge in [0.05, 0.1) is 7.11 Å². The maximum absolute atomic E-state index is 12.5. The summed E-state index contributed by atoms with van der Waals surface area (Å²) in [6.07, 6.45) is 4.20. The molecule has 0 radical (unpaired) electrons. The van der Waals surface area contributed by atoms with Crippen molar-refractivity contribution < 1.29 is 9.53 Å². The molecule has 1 saturated heterocycles. The zero-order valence-electron chi connectivity index (χ0n) is 16.9. The van der Waals surface area contributed by atoms with Gasteiger partial charge >= 0.3 is 0 Å². The molecule has 1 amide bonds. The average Bonchev–Trinajstić information content (AvgIpc) is 3.27. The van der Waals surface area contributed by atoms with E-state index in [1.54, 1.807) is 13.2 Å². The van der Waals surface area contributed by atoms with Crippen LogP contribution in [0.25, 0.3) is 6.08 Å². The van der Waals surface area contributed by atoms with Crippen molar-refractivity contribution >= 4 is 28.6 Å². The van der Waals surface area contributed by atoms with Crippen molar-refractivity contribution in [2.24, 2.45) is 0 Å². The smallest absolute Gasteiger partial charge is 0.246 e. The fourth-order valence-electron chi connectivity index (χ4n) is 3.37. The lowest BCUT2D eigenvalue weighted by molar-refractivity contribution is -0.126. The number of benzene rings is 2. The molecule has 7 heteroatoms. The molecule has 0 spiro atoms. The molecule has 2 heterocycles. The standard InChI is InChI=1S/C23H24N4O2S/c1-29-20-9-5-8-19(16-20)17-21-24-23(30-25-21)27-14-12-26(13-15-27)22(28)11-10-18-6-3-2-4-7-18/h2-11,16H,12-15,17H2,1H3/b11-10+. The molecule has 2 aromatic carbocycles. The van der Waals surface area contributed by atoms with E-state index in [0.717, 1.165) is 40.9 Å². The van der Waals surface area contributed by atoms with Crippen LogP contribution in [0.3, 0.4) is 0 Å². The van der Waals surface area contributed by atoms with Gasteiger partial charge in [-0.05, 0) is 29.3 Å². The number of amides is 1. The Hall–Kier alpha value is -3.19. The minimum atomic E-state index is 0.0504. The van der Waals surface area contributed by atoms with Gasteiger partial charge < -0.3 is 14.5 Å². The van der Waals surface area contributed by atoms with Crippen molar-refractivity contribution in [3.05, 3.63) is 77.6 Å². The summed E-state index contributed by atoms with van der Waals surface area (Å²) >= 11 is 1.42. The van der Waals surface area contributed by atoms with Crippen LogP contribution in [0.1, 0.15) is 17.0 Å². The fourth-order valence-corrected chi connectivity index (χ4v) is 4.10. The summed E-state index contributed by atoms with van der Waals surface area (Å²) < 4.78 is 9.80. The lowest BCUT2D eigenvalue weighted by Crippen LogP contribution is -2.48. The van der Waals surface area contributed by atoms with E-state index >= 15 is 0 Å². The molecule has 0 saturated carbocycles. The van der Waals surface area contributed by atoms with Gasteiger partial charge in [-0.15, -0.1) is 0 Å². The summed E-state index contributed by atoms with van der Waals surface area (Å²) in [4.78, 5) is 21.3. The SMILES string of the molecule is COc1cccc(Cc2nsc(N3CCN(C(=O)/C=C/c4ccccc4)CC3)n2)c1. The largest absolute Gasteiger partial charge is 0.497 e. The van der Waals surface area contributed by atoms with Gasteiger partial charge in [-0.2, -0.15) is 4.37 Å². The van der Waals surface area contributed by atoms with Crippen molar-refractivity contribution in [2.45, 2.75) is 6.42 Å². The zero-order chi connectivity index (χ0) is 20.8. The van der Waals surface area contributed by atoms with Crippen LogP contribution in [0.2, 0.25) is 0 Å². The molecule has 0 bridgehead atoms. The number of rotatable bonds is 6. The Labute approximate surface area is 180 Å². The van der Waals surface area contributed by atoms with Crippen molar-refractivity contribution in [1.29, 1.82) is 0 Å². The lowest BCUT2D eigenvalue weighted by atomic mass is 10.1. The van der Waals surface area contributed by atoms with Crippen molar-refractivity contribution in [1.82, 2.24) is 14.3 Å². The van der Waals surface area contributed by atoms with Crippen LogP contribution in [-0.4, -0.2) is 53.5 Å². The minimum absolute atomic E-state index is 0.0504. The summed E-state index contributed by atoms with van der Waals surface area (Å²) in [6, 6.07) is 17.8. The molecule has 30 heavy (non-hydrogen) atoms. The number of ether oxygens (including phenoxy) is 1. The molecule has 154 valence electrons. The van der Waals surface area contributed by atoms with Gasteiger partial charge in [0.15, 0.2) is 0 Å². The van der Waals surface area contributed by atoms with Gasteiger partial charge in [-0.1, -0.05) is 42.5 Å². The highest BCUT2D eigenvalue weighted by molar-refractivity contribution is 7.09. The Balaban J connectivity index is 1.31. The summed E-state index contributed by atoms with van der Waals surface area (Å²) in [5.41, 5.74) is 2.15. The summed E-state index contributed by atoms with van der Waals surface area (Å²) in [6.45, 7) is 2.89. The second-order valence-corrected chi connectivity index (χ2v) is 7.81. The van der Waals surface area contributed by atoms with Gasteiger partial charge in [-0.3, -0.25) is 4.79 Å². The number of hydrogen-bond acceptors (Lipinski definition) is 6. The van der Waals surface area contributed by atoms with Crippen LogP contribution in [-0.2, 0) is 11.2 Å². The Kier molecular flexibility index (Phi) is 6.39. The fraction of sp³-hybridized carbons (Fsp3) is 0.261. The van der Waals surface area contributed by atoms with Gasteiger partial charge in [0.2, 0.25) is 11.0 Å². The number of carbonyl (C=O) groups is 1. The maximum Gasteiger partial charge on any atom is 0.246 e. The van der Waals surface area contributed by atoms with E-state index in [9.17, 15) is 4.79 Å². The Bertz CT molecular complexity index is 1010. The molecule has 0 atom stereocenters. The van der Waals surface area contributed by atoms with Gasteiger partial charge in [0.1, 0.15) is 11.6 Å². The third-order valence-electron chi connectivity index (χ3n) is 5.03. The number of nitrogens with zero attached hydrogens (tertiary/aromatic N) is 4. The van der Waals surface area contributed by atoms with Crippen LogP contribution in [0.4, 0.5) is 5.13 Å². The van der Waals surface area contributed by atoms with Crippen LogP contribution < -0.4 is 9.64 Å². The van der Waals surface area contributed by atoms with E-state index in [1.165, 1.54) is 11.5 Å². The second kappa shape index (κ2) is 9.54. The molecule has 0 N–H and O–H groups in total. The van der Waals surface area contributed by atoms with Crippen molar-refractivity contribution in [2.75, 3.05) is 38.2 Å². The van der Waals surface area contributed by atoms with Gasteiger partial charge in [-0.25, -0.2) is 4.98 Å². The first kappa shape index (κ1) is 20.1. The molecule has 1 aliphatic heterocycles. The van der Waals surface area contributed by atoms with Crippen LogP contribution in [0.5, 0.6) is 5.75 Å². The van der Waals surface area contributed by atoms with E-state index in [1.807, 2.05) is 59.5 Å². The van der Waals surface area contributed by atoms with E-state index in [-0.39, 0.29) is 5.91 Å². The highest BCUT2D eigenvalue weighted by Crippen LogP contribution is 2.22. The molecule has 0 unspecified atom stereocenters. The Morgan fingerprint density at radius 2 is 1.90 bits per heavy atom. The molecular formula is C23H24N4O2S. The van der Waals surface area contributed by atoms with E-state index in [0.29, 0.717) is 19.5 Å². The quantitative estimate of drug-likeness (QED) is 0.571. The molecule has 1 fully saturated rings. The van der Waals surface area contributed by atoms with Crippen molar-refractivity contribution in [3.63, 3.8) is 0 Å². The molecule has 4 rings (SSSR count). The van der Waals surface area contributed by atoms with E-state index < -0.39 is 0 Å².